The number of aliphatic imine (C=N–C) groups is 1. The number of benzene rings is 3. The molecule has 194 valence electrons. The fraction of sp³-hybridized carbons (Fsp3) is 0.250. The molecule has 1 aliphatic rings. The molecule has 1 unspecified atom stereocenters. The van der Waals surface area contributed by atoms with Crippen molar-refractivity contribution in [3.05, 3.63) is 83.6 Å². The topological polar surface area (TPSA) is 72.9 Å². The number of nitrogens with one attached hydrogen (secondary N) is 1. The second-order valence-electron chi connectivity index (χ2n) is 10.3. The molecule has 6 aromatic rings. The molecule has 4 heterocycles. The van der Waals surface area contributed by atoms with Crippen LogP contribution in [0.25, 0.3) is 49.6 Å². The maximum Gasteiger partial charge on any atom is 0.238 e. The standard InChI is InChI=1S/C32H31N7/c1-6-27-35-28(7-2)37-32(36-27)39-24-14-10-8-12-21(24)22-16-17-26-29(30(22)39)23-13-9-11-15-25(23)38(26)31-33-19(4)18(3)20(5)34-31/h8-17,31,33H,6-7H2,1-5H3. The third-order valence-corrected chi connectivity index (χ3v) is 8.07. The van der Waals surface area contributed by atoms with Crippen molar-refractivity contribution in [1.29, 1.82) is 0 Å². The van der Waals surface area contributed by atoms with E-state index < -0.39 is 0 Å². The molecule has 3 aromatic carbocycles. The first kappa shape index (κ1) is 23.6. The first-order chi connectivity index (χ1) is 19.0. The van der Waals surface area contributed by atoms with Crippen LogP contribution in [0.3, 0.4) is 0 Å². The molecule has 0 spiro atoms. The Bertz CT molecular complexity index is 1980. The van der Waals surface area contributed by atoms with Gasteiger partial charge in [-0.3, -0.25) is 4.57 Å². The van der Waals surface area contributed by atoms with Crippen molar-refractivity contribution in [2.24, 2.45) is 4.99 Å². The lowest BCUT2D eigenvalue weighted by Gasteiger charge is -2.26. The maximum absolute atomic E-state index is 5.08. The van der Waals surface area contributed by atoms with Gasteiger partial charge in [0.2, 0.25) is 12.2 Å². The summed E-state index contributed by atoms with van der Waals surface area (Å²) in [5.41, 5.74) is 7.86. The molecule has 1 N–H and O–H groups in total. The van der Waals surface area contributed by atoms with Gasteiger partial charge in [0.1, 0.15) is 11.6 Å². The summed E-state index contributed by atoms with van der Waals surface area (Å²) < 4.78 is 4.57. The molecule has 1 aliphatic heterocycles. The number of rotatable bonds is 4. The van der Waals surface area contributed by atoms with E-state index >= 15 is 0 Å². The van der Waals surface area contributed by atoms with E-state index in [1.165, 1.54) is 27.1 Å². The van der Waals surface area contributed by atoms with E-state index in [-0.39, 0.29) is 6.29 Å². The summed E-state index contributed by atoms with van der Waals surface area (Å²) in [5.74, 6) is 2.30. The minimum Gasteiger partial charge on any atom is -0.350 e. The van der Waals surface area contributed by atoms with Gasteiger partial charge >= 0.3 is 0 Å². The van der Waals surface area contributed by atoms with Crippen LogP contribution < -0.4 is 5.32 Å². The summed E-state index contributed by atoms with van der Waals surface area (Å²) in [5, 5.41) is 8.37. The summed E-state index contributed by atoms with van der Waals surface area (Å²) >= 11 is 0. The van der Waals surface area contributed by atoms with Crippen molar-refractivity contribution >= 4 is 49.3 Å². The molecule has 7 nitrogen and oxygen atoms in total. The number of hydrogen-bond donors (Lipinski definition) is 1. The first-order valence-corrected chi connectivity index (χ1v) is 13.7. The van der Waals surface area contributed by atoms with E-state index in [4.69, 9.17) is 15.0 Å². The predicted octanol–water partition coefficient (Wildman–Crippen LogP) is 7.02. The van der Waals surface area contributed by atoms with Gasteiger partial charge in [0, 0.05) is 45.8 Å². The number of fused-ring (bicyclic) bond motifs is 7. The molecule has 0 aliphatic carbocycles. The SMILES string of the molecule is CCc1nc(CC)nc(-n2c3ccccc3c3ccc4c(c5ccccc5n4C4N=C(C)C(C)=C(C)N4)c32)n1. The molecule has 0 amide bonds. The Morgan fingerprint density at radius 2 is 1.38 bits per heavy atom. The van der Waals surface area contributed by atoms with Crippen molar-refractivity contribution in [2.75, 3.05) is 0 Å². The van der Waals surface area contributed by atoms with E-state index in [1.54, 1.807) is 0 Å². The number of aromatic nitrogens is 5. The van der Waals surface area contributed by atoms with Crippen LogP contribution in [0.15, 0.2) is 76.9 Å². The molecule has 7 heteroatoms. The molecular weight excluding hydrogens is 482 g/mol. The summed E-state index contributed by atoms with van der Waals surface area (Å²) in [4.78, 5) is 19.6. The maximum atomic E-state index is 5.08. The van der Waals surface area contributed by atoms with Gasteiger partial charge in [0.25, 0.3) is 0 Å². The van der Waals surface area contributed by atoms with Crippen molar-refractivity contribution in [1.82, 2.24) is 29.4 Å². The normalized spacial score (nSPS) is 16.0. The molecular formula is C32H31N7. The van der Waals surface area contributed by atoms with Gasteiger partial charge in [-0.05, 0) is 44.5 Å². The summed E-state index contributed by atoms with van der Waals surface area (Å²) in [6.07, 6.45) is 1.28. The molecule has 0 radical (unpaired) electrons. The number of nitrogens with zero attached hydrogens (tertiary/aromatic N) is 6. The van der Waals surface area contributed by atoms with Crippen molar-refractivity contribution in [3.63, 3.8) is 0 Å². The fourth-order valence-electron chi connectivity index (χ4n) is 5.89. The van der Waals surface area contributed by atoms with Crippen LogP contribution in [0.4, 0.5) is 0 Å². The van der Waals surface area contributed by atoms with E-state index in [1.807, 2.05) is 0 Å². The number of allylic oxidation sites excluding steroid dienone is 2. The van der Waals surface area contributed by atoms with E-state index in [0.29, 0.717) is 5.95 Å². The molecule has 7 rings (SSSR count). The van der Waals surface area contributed by atoms with Crippen LogP contribution in [0.1, 0.15) is 52.6 Å². The highest BCUT2D eigenvalue weighted by molar-refractivity contribution is 6.25. The molecule has 1 atom stereocenters. The molecule has 0 fully saturated rings. The average Bonchev–Trinajstić information content (AvgIpc) is 3.48. The zero-order valence-electron chi connectivity index (χ0n) is 22.9. The van der Waals surface area contributed by atoms with Crippen molar-refractivity contribution in [3.8, 4) is 5.95 Å². The van der Waals surface area contributed by atoms with E-state index in [2.05, 4.69) is 115 Å². The van der Waals surface area contributed by atoms with Gasteiger partial charge in [-0.1, -0.05) is 56.3 Å². The van der Waals surface area contributed by atoms with Gasteiger partial charge in [-0.25, -0.2) is 9.98 Å². The molecule has 0 bridgehead atoms. The summed E-state index contributed by atoms with van der Waals surface area (Å²) in [6.45, 7) is 10.5. The van der Waals surface area contributed by atoms with E-state index in [0.717, 1.165) is 58.0 Å². The van der Waals surface area contributed by atoms with Gasteiger partial charge < -0.3 is 9.88 Å². The highest BCUT2D eigenvalue weighted by atomic mass is 15.3. The second kappa shape index (κ2) is 8.76. The van der Waals surface area contributed by atoms with Gasteiger partial charge in [-0.2, -0.15) is 9.97 Å². The largest absolute Gasteiger partial charge is 0.350 e. The Morgan fingerprint density at radius 1 is 0.718 bits per heavy atom. The van der Waals surface area contributed by atoms with E-state index in [9.17, 15) is 0 Å². The van der Waals surface area contributed by atoms with Gasteiger partial charge in [0.05, 0.1) is 22.1 Å². The Kier molecular flexibility index (Phi) is 5.30. The van der Waals surface area contributed by atoms with Crippen LogP contribution in [0.5, 0.6) is 0 Å². The molecule has 0 saturated carbocycles. The second-order valence-corrected chi connectivity index (χ2v) is 10.3. The Morgan fingerprint density at radius 3 is 2.08 bits per heavy atom. The van der Waals surface area contributed by atoms with Crippen LogP contribution in [0.2, 0.25) is 0 Å². The molecule has 39 heavy (non-hydrogen) atoms. The Labute approximate surface area is 226 Å². The van der Waals surface area contributed by atoms with Crippen LogP contribution >= 0.6 is 0 Å². The first-order valence-electron chi connectivity index (χ1n) is 13.7. The zero-order chi connectivity index (χ0) is 26.8. The van der Waals surface area contributed by atoms with Crippen LogP contribution in [-0.4, -0.2) is 29.8 Å². The third-order valence-electron chi connectivity index (χ3n) is 8.07. The van der Waals surface area contributed by atoms with Crippen LogP contribution in [0, 0.1) is 0 Å². The fourth-order valence-corrected chi connectivity index (χ4v) is 5.89. The average molecular weight is 514 g/mol. The van der Waals surface area contributed by atoms with Crippen LogP contribution in [-0.2, 0) is 12.8 Å². The highest BCUT2D eigenvalue weighted by Crippen LogP contribution is 2.41. The van der Waals surface area contributed by atoms with Crippen molar-refractivity contribution < 1.29 is 0 Å². The van der Waals surface area contributed by atoms with Gasteiger partial charge in [0.15, 0.2) is 0 Å². The minimum atomic E-state index is -0.234. The zero-order valence-corrected chi connectivity index (χ0v) is 22.9. The lowest BCUT2D eigenvalue weighted by Crippen LogP contribution is -2.29. The summed E-state index contributed by atoms with van der Waals surface area (Å²) in [6, 6.07) is 21.6. The summed E-state index contributed by atoms with van der Waals surface area (Å²) in [7, 11) is 0. The third kappa shape index (κ3) is 3.42. The highest BCUT2D eigenvalue weighted by Gasteiger charge is 2.25. The lowest BCUT2D eigenvalue weighted by atomic mass is 10.1. The molecule has 3 aromatic heterocycles. The van der Waals surface area contributed by atoms with Crippen molar-refractivity contribution in [2.45, 2.75) is 53.8 Å². The molecule has 0 saturated heterocycles. The number of hydrogen-bond acceptors (Lipinski definition) is 5. The Hall–Kier alpha value is -4.52. The minimum absolute atomic E-state index is 0.234. The Balaban J connectivity index is 1.65. The smallest absolute Gasteiger partial charge is 0.238 e. The number of aryl methyl sites for hydroxylation is 2. The predicted molar refractivity (Wildman–Crippen MR) is 160 cm³/mol. The lowest BCUT2D eigenvalue weighted by molar-refractivity contribution is 0.477. The number of para-hydroxylation sites is 2. The monoisotopic (exact) mass is 513 g/mol. The quantitative estimate of drug-likeness (QED) is 0.275. The van der Waals surface area contributed by atoms with Gasteiger partial charge in [-0.15, -0.1) is 0 Å².